The molecule has 20 heavy (non-hydrogen) atoms. The van der Waals surface area contributed by atoms with E-state index in [4.69, 9.17) is 27.9 Å². The van der Waals surface area contributed by atoms with Gasteiger partial charge in [0.15, 0.2) is 11.5 Å². The second-order valence-corrected chi connectivity index (χ2v) is 6.44. The first kappa shape index (κ1) is 15.6. The molecule has 0 saturated carbocycles. The van der Waals surface area contributed by atoms with Crippen LogP contribution in [0.1, 0.15) is 25.5 Å². The molecule has 4 nitrogen and oxygen atoms in total. The van der Waals surface area contributed by atoms with Crippen LogP contribution >= 0.6 is 45.8 Å². The average Bonchev–Trinajstić information content (AvgIpc) is 2.35. The van der Waals surface area contributed by atoms with Gasteiger partial charge in [-0.05, 0) is 40.6 Å². The highest BCUT2D eigenvalue weighted by atomic mass is 127. The van der Waals surface area contributed by atoms with Gasteiger partial charge >= 0.3 is 6.01 Å². The van der Waals surface area contributed by atoms with Gasteiger partial charge in [0.25, 0.3) is 0 Å². The Hall–Kier alpha value is -0.790. The largest absolute Gasteiger partial charge is 0.504 e. The van der Waals surface area contributed by atoms with Crippen LogP contribution < -0.4 is 4.74 Å². The summed E-state index contributed by atoms with van der Waals surface area (Å²) in [7, 11) is 0. The summed E-state index contributed by atoms with van der Waals surface area (Å²) in [5.41, 5.74) is 0.507. The molecule has 2 aromatic rings. The van der Waals surface area contributed by atoms with Crippen molar-refractivity contribution in [3.63, 3.8) is 0 Å². The normalized spacial score (nSPS) is 10.9. The molecular formula is C13H11Cl2IN2O2. The quantitative estimate of drug-likeness (QED) is 0.703. The van der Waals surface area contributed by atoms with E-state index in [0.29, 0.717) is 21.5 Å². The maximum atomic E-state index is 9.68. The Bertz CT molecular complexity index is 627. The molecule has 7 heteroatoms. The second kappa shape index (κ2) is 6.32. The lowest BCUT2D eigenvalue weighted by molar-refractivity contribution is 0.417. The minimum absolute atomic E-state index is 0.0344. The first-order valence-electron chi connectivity index (χ1n) is 5.76. The standard InChI is InChI=1S/C13H11Cl2IN2O2/c1-6(2)11-10(19)5-17-13(18-11)20-12-8(14)3-7(16)4-9(12)15/h3-6,19H,1-2H3. The number of aromatic nitrogens is 2. The molecule has 0 saturated heterocycles. The van der Waals surface area contributed by atoms with Crippen molar-refractivity contribution in [2.75, 3.05) is 0 Å². The Morgan fingerprint density at radius 3 is 2.40 bits per heavy atom. The molecule has 0 atom stereocenters. The van der Waals surface area contributed by atoms with Gasteiger partial charge in [0.1, 0.15) is 0 Å². The third-order valence-corrected chi connectivity index (χ3v) is 3.66. The van der Waals surface area contributed by atoms with Gasteiger partial charge in [0.05, 0.1) is 21.9 Å². The van der Waals surface area contributed by atoms with Crippen LogP contribution in [0.3, 0.4) is 0 Å². The van der Waals surface area contributed by atoms with Crippen LogP contribution in [0.25, 0.3) is 0 Å². The summed E-state index contributed by atoms with van der Waals surface area (Å²) < 4.78 is 6.44. The summed E-state index contributed by atoms with van der Waals surface area (Å²) in [6, 6.07) is 3.55. The lowest BCUT2D eigenvalue weighted by Crippen LogP contribution is -1.99. The lowest BCUT2D eigenvalue weighted by Gasteiger charge is -2.11. The fourth-order valence-corrected chi connectivity index (χ4v) is 3.12. The van der Waals surface area contributed by atoms with E-state index in [2.05, 4.69) is 32.6 Å². The van der Waals surface area contributed by atoms with Crippen molar-refractivity contribution >= 4 is 45.8 Å². The van der Waals surface area contributed by atoms with Crippen LogP contribution in [0.2, 0.25) is 10.0 Å². The van der Waals surface area contributed by atoms with Gasteiger partial charge in [-0.15, -0.1) is 0 Å². The number of rotatable bonds is 3. The van der Waals surface area contributed by atoms with E-state index in [-0.39, 0.29) is 17.7 Å². The topological polar surface area (TPSA) is 55.2 Å². The van der Waals surface area contributed by atoms with Crippen LogP contribution in [0.15, 0.2) is 18.3 Å². The minimum atomic E-state index is 0.0344. The first-order valence-corrected chi connectivity index (χ1v) is 7.60. The van der Waals surface area contributed by atoms with Gasteiger partial charge in [0, 0.05) is 3.57 Å². The summed E-state index contributed by atoms with van der Waals surface area (Å²) in [5.74, 6) is 0.379. The molecule has 0 bridgehead atoms. The highest BCUT2D eigenvalue weighted by Gasteiger charge is 2.15. The van der Waals surface area contributed by atoms with Gasteiger partial charge in [-0.2, -0.15) is 9.97 Å². The number of benzene rings is 1. The van der Waals surface area contributed by atoms with Crippen LogP contribution in [0.4, 0.5) is 0 Å². The van der Waals surface area contributed by atoms with E-state index in [1.165, 1.54) is 6.20 Å². The van der Waals surface area contributed by atoms with Crippen molar-refractivity contribution in [2.45, 2.75) is 19.8 Å². The van der Waals surface area contributed by atoms with Gasteiger partial charge in [-0.1, -0.05) is 37.0 Å². The first-order chi connectivity index (χ1) is 9.38. The van der Waals surface area contributed by atoms with Crippen molar-refractivity contribution in [1.82, 2.24) is 9.97 Å². The van der Waals surface area contributed by atoms with E-state index in [1.54, 1.807) is 12.1 Å². The average molecular weight is 425 g/mol. The van der Waals surface area contributed by atoms with Crippen molar-refractivity contribution in [1.29, 1.82) is 0 Å². The Balaban J connectivity index is 2.38. The fourth-order valence-electron chi connectivity index (χ4n) is 1.56. The van der Waals surface area contributed by atoms with Crippen LogP contribution in [0, 0.1) is 3.57 Å². The monoisotopic (exact) mass is 424 g/mol. The molecule has 0 fully saturated rings. The zero-order valence-corrected chi connectivity index (χ0v) is 14.4. The molecule has 0 aliphatic carbocycles. The van der Waals surface area contributed by atoms with Gasteiger partial charge < -0.3 is 9.84 Å². The molecule has 106 valence electrons. The number of hydrogen-bond acceptors (Lipinski definition) is 4. The zero-order valence-electron chi connectivity index (χ0n) is 10.7. The molecule has 0 radical (unpaired) electrons. The Morgan fingerprint density at radius 1 is 1.25 bits per heavy atom. The Kier molecular flexibility index (Phi) is 4.93. The summed E-state index contributed by atoms with van der Waals surface area (Å²) in [4.78, 5) is 8.09. The zero-order chi connectivity index (χ0) is 14.9. The minimum Gasteiger partial charge on any atom is -0.504 e. The maximum absolute atomic E-state index is 9.68. The molecule has 1 aromatic carbocycles. The Morgan fingerprint density at radius 2 is 1.85 bits per heavy atom. The van der Waals surface area contributed by atoms with E-state index in [9.17, 15) is 5.11 Å². The number of aromatic hydroxyl groups is 1. The molecule has 1 heterocycles. The van der Waals surface area contributed by atoms with Crippen molar-refractivity contribution in [2.24, 2.45) is 0 Å². The lowest BCUT2D eigenvalue weighted by atomic mass is 10.1. The van der Waals surface area contributed by atoms with Gasteiger partial charge in [-0.25, -0.2) is 0 Å². The van der Waals surface area contributed by atoms with Crippen molar-refractivity contribution < 1.29 is 9.84 Å². The highest BCUT2D eigenvalue weighted by molar-refractivity contribution is 14.1. The van der Waals surface area contributed by atoms with E-state index < -0.39 is 0 Å². The van der Waals surface area contributed by atoms with E-state index >= 15 is 0 Å². The van der Waals surface area contributed by atoms with Gasteiger partial charge in [0.2, 0.25) is 0 Å². The molecule has 0 aliphatic heterocycles. The number of hydrogen-bond donors (Lipinski definition) is 1. The number of nitrogens with zero attached hydrogens (tertiary/aromatic N) is 2. The molecule has 1 N–H and O–H groups in total. The molecule has 1 aromatic heterocycles. The third kappa shape index (κ3) is 3.45. The number of ether oxygens (including phenoxy) is 1. The SMILES string of the molecule is CC(C)c1nc(Oc2c(Cl)cc(I)cc2Cl)ncc1O. The van der Waals surface area contributed by atoms with Crippen LogP contribution in [-0.4, -0.2) is 15.1 Å². The molecule has 0 amide bonds. The van der Waals surface area contributed by atoms with E-state index in [1.807, 2.05) is 13.8 Å². The number of halogens is 3. The fraction of sp³-hybridized carbons (Fsp3) is 0.231. The van der Waals surface area contributed by atoms with Gasteiger partial charge in [-0.3, -0.25) is 0 Å². The van der Waals surface area contributed by atoms with Crippen LogP contribution in [-0.2, 0) is 0 Å². The second-order valence-electron chi connectivity index (χ2n) is 4.38. The molecule has 0 unspecified atom stereocenters. The maximum Gasteiger partial charge on any atom is 0.322 e. The Labute approximate surface area is 140 Å². The van der Waals surface area contributed by atoms with Crippen molar-refractivity contribution in [3.8, 4) is 17.5 Å². The molecule has 2 rings (SSSR count). The molecule has 0 aliphatic rings. The predicted octanol–water partition coefficient (Wildman–Crippen LogP) is 5.01. The van der Waals surface area contributed by atoms with Crippen molar-refractivity contribution in [3.05, 3.63) is 37.6 Å². The summed E-state index contributed by atoms with van der Waals surface area (Å²) in [6.45, 7) is 3.83. The summed E-state index contributed by atoms with van der Waals surface area (Å²) in [5, 5.41) is 10.4. The summed E-state index contributed by atoms with van der Waals surface area (Å²) in [6.07, 6.45) is 1.30. The smallest absolute Gasteiger partial charge is 0.322 e. The van der Waals surface area contributed by atoms with E-state index in [0.717, 1.165) is 3.57 Å². The summed E-state index contributed by atoms with van der Waals surface area (Å²) >= 11 is 14.3. The highest BCUT2D eigenvalue weighted by Crippen LogP contribution is 2.37. The molecule has 0 spiro atoms. The molecular weight excluding hydrogens is 414 g/mol. The van der Waals surface area contributed by atoms with Crippen LogP contribution in [0.5, 0.6) is 17.5 Å². The third-order valence-electron chi connectivity index (χ3n) is 2.48. The predicted molar refractivity (Wildman–Crippen MR) is 87.0 cm³/mol.